The summed E-state index contributed by atoms with van der Waals surface area (Å²) < 4.78 is 10.3. The first-order valence-corrected chi connectivity index (χ1v) is 7.64. The summed E-state index contributed by atoms with van der Waals surface area (Å²) in [6, 6.07) is 17.5. The first-order chi connectivity index (χ1) is 11.2. The Morgan fingerprint density at radius 2 is 1.70 bits per heavy atom. The smallest absolute Gasteiger partial charge is 0.254 e. The van der Waals surface area contributed by atoms with Crippen LogP contribution in [0, 0.1) is 0 Å². The van der Waals surface area contributed by atoms with Crippen LogP contribution in [0.3, 0.4) is 0 Å². The van der Waals surface area contributed by atoms with E-state index in [0.29, 0.717) is 31.9 Å². The molecule has 4 heteroatoms. The van der Waals surface area contributed by atoms with E-state index in [1.807, 2.05) is 59.5 Å². The van der Waals surface area contributed by atoms with Crippen molar-refractivity contribution in [3.05, 3.63) is 71.3 Å². The van der Waals surface area contributed by atoms with Crippen molar-refractivity contribution in [3.63, 3.8) is 0 Å². The van der Waals surface area contributed by atoms with Gasteiger partial charge in [-0.3, -0.25) is 4.79 Å². The summed E-state index contributed by atoms with van der Waals surface area (Å²) >= 11 is 0. The number of carbonyl (C=O) groups excluding carboxylic acids is 1. The molecule has 2 rings (SSSR count). The lowest BCUT2D eigenvalue weighted by molar-refractivity contribution is 0.0680. The van der Waals surface area contributed by atoms with E-state index in [1.165, 1.54) is 0 Å². The molecule has 0 unspecified atom stereocenters. The Labute approximate surface area is 137 Å². The number of hydrogen-bond acceptors (Lipinski definition) is 3. The minimum Gasteiger partial charge on any atom is -0.383 e. The van der Waals surface area contributed by atoms with Gasteiger partial charge in [-0.25, -0.2) is 0 Å². The fourth-order valence-corrected chi connectivity index (χ4v) is 2.40. The third-order valence-corrected chi connectivity index (χ3v) is 3.55. The van der Waals surface area contributed by atoms with Crippen LogP contribution in [-0.4, -0.2) is 38.2 Å². The summed E-state index contributed by atoms with van der Waals surface area (Å²) in [5, 5.41) is 0. The van der Waals surface area contributed by atoms with Gasteiger partial charge >= 0.3 is 0 Å². The molecule has 1 amide bonds. The summed E-state index contributed by atoms with van der Waals surface area (Å²) in [5.41, 5.74) is 2.77. The molecule has 0 radical (unpaired) electrons. The maximum atomic E-state index is 12.8. The highest BCUT2D eigenvalue weighted by atomic mass is 16.5. The van der Waals surface area contributed by atoms with Gasteiger partial charge in [-0.15, -0.1) is 0 Å². The van der Waals surface area contributed by atoms with Crippen molar-refractivity contribution >= 4 is 5.91 Å². The quantitative estimate of drug-likeness (QED) is 0.751. The molecule has 0 aliphatic rings. The number of hydrogen-bond donors (Lipinski definition) is 0. The molecule has 0 aliphatic heterocycles. The maximum Gasteiger partial charge on any atom is 0.254 e. The number of methoxy groups -OCH3 is 2. The zero-order valence-corrected chi connectivity index (χ0v) is 13.7. The standard InChI is InChI=1S/C19H23NO3/c1-22-12-11-20(14-16-7-4-3-5-8-16)19(21)18-10-6-9-17(13-18)15-23-2/h3-10,13H,11-12,14-15H2,1-2H3. The third-order valence-electron chi connectivity index (χ3n) is 3.55. The normalized spacial score (nSPS) is 10.5. The van der Waals surface area contributed by atoms with Gasteiger partial charge in [0.25, 0.3) is 5.91 Å². The van der Waals surface area contributed by atoms with E-state index in [1.54, 1.807) is 14.2 Å². The van der Waals surface area contributed by atoms with Crippen LogP contribution < -0.4 is 0 Å². The fraction of sp³-hybridized carbons (Fsp3) is 0.316. The van der Waals surface area contributed by atoms with Crippen molar-refractivity contribution in [2.75, 3.05) is 27.4 Å². The molecule has 0 aromatic heterocycles. The number of amides is 1. The van der Waals surface area contributed by atoms with Crippen LogP contribution >= 0.6 is 0 Å². The van der Waals surface area contributed by atoms with E-state index < -0.39 is 0 Å². The molecule has 0 atom stereocenters. The van der Waals surface area contributed by atoms with Crippen LogP contribution in [0.15, 0.2) is 54.6 Å². The lowest BCUT2D eigenvalue weighted by Crippen LogP contribution is -2.33. The highest BCUT2D eigenvalue weighted by Crippen LogP contribution is 2.12. The summed E-state index contributed by atoms with van der Waals surface area (Å²) in [6.07, 6.45) is 0. The molecule has 2 aromatic rings. The van der Waals surface area contributed by atoms with Gasteiger partial charge in [0.2, 0.25) is 0 Å². The van der Waals surface area contributed by atoms with Gasteiger partial charge in [-0.1, -0.05) is 42.5 Å². The molecule has 4 nitrogen and oxygen atoms in total. The highest BCUT2D eigenvalue weighted by Gasteiger charge is 2.16. The lowest BCUT2D eigenvalue weighted by atomic mass is 10.1. The second-order valence-corrected chi connectivity index (χ2v) is 5.34. The van der Waals surface area contributed by atoms with Crippen molar-refractivity contribution in [3.8, 4) is 0 Å². The number of carbonyl (C=O) groups is 1. The van der Waals surface area contributed by atoms with Crippen molar-refractivity contribution in [2.45, 2.75) is 13.2 Å². The molecule has 0 saturated heterocycles. The van der Waals surface area contributed by atoms with Gasteiger partial charge in [0, 0.05) is 32.9 Å². The van der Waals surface area contributed by atoms with E-state index >= 15 is 0 Å². The molecule has 0 fully saturated rings. The van der Waals surface area contributed by atoms with Crippen LogP contribution in [-0.2, 0) is 22.6 Å². The van der Waals surface area contributed by atoms with E-state index in [2.05, 4.69) is 0 Å². The number of rotatable bonds is 8. The van der Waals surface area contributed by atoms with Crippen molar-refractivity contribution in [2.24, 2.45) is 0 Å². The lowest BCUT2D eigenvalue weighted by Gasteiger charge is -2.23. The first-order valence-electron chi connectivity index (χ1n) is 7.64. The zero-order chi connectivity index (χ0) is 16.5. The van der Waals surface area contributed by atoms with E-state index in [0.717, 1.165) is 11.1 Å². The molecule has 0 N–H and O–H groups in total. The molecule has 122 valence electrons. The minimum atomic E-state index is 0.00357. The monoisotopic (exact) mass is 313 g/mol. The third kappa shape index (κ3) is 5.20. The molecular formula is C19H23NO3. The van der Waals surface area contributed by atoms with Gasteiger partial charge in [0.05, 0.1) is 13.2 Å². The Hall–Kier alpha value is -2.17. The largest absolute Gasteiger partial charge is 0.383 e. The predicted molar refractivity (Wildman–Crippen MR) is 90.2 cm³/mol. The summed E-state index contributed by atoms with van der Waals surface area (Å²) in [4.78, 5) is 14.7. The number of ether oxygens (including phenoxy) is 2. The molecule has 0 saturated carbocycles. The maximum absolute atomic E-state index is 12.8. The van der Waals surface area contributed by atoms with Gasteiger partial charge in [0.15, 0.2) is 0 Å². The molecular weight excluding hydrogens is 290 g/mol. The average Bonchev–Trinajstić information content (AvgIpc) is 2.59. The first kappa shape index (κ1) is 17.2. The van der Waals surface area contributed by atoms with Crippen LogP contribution in [0.25, 0.3) is 0 Å². The second-order valence-electron chi connectivity index (χ2n) is 5.34. The Balaban J connectivity index is 2.16. The molecule has 0 heterocycles. The minimum absolute atomic E-state index is 0.00357. The van der Waals surface area contributed by atoms with E-state index in [-0.39, 0.29) is 5.91 Å². The fourth-order valence-electron chi connectivity index (χ4n) is 2.40. The Morgan fingerprint density at radius 3 is 2.39 bits per heavy atom. The van der Waals surface area contributed by atoms with Gasteiger partial charge in [-0.2, -0.15) is 0 Å². The van der Waals surface area contributed by atoms with Crippen molar-refractivity contribution in [1.82, 2.24) is 4.90 Å². The average molecular weight is 313 g/mol. The molecule has 23 heavy (non-hydrogen) atoms. The van der Waals surface area contributed by atoms with Crippen LogP contribution in [0.5, 0.6) is 0 Å². The van der Waals surface area contributed by atoms with Gasteiger partial charge in [0.1, 0.15) is 0 Å². The summed E-state index contributed by atoms with van der Waals surface area (Å²) in [6.45, 7) is 2.13. The molecule has 0 spiro atoms. The van der Waals surface area contributed by atoms with Gasteiger partial charge in [-0.05, 0) is 23.3 Å². The molecule has 2 aromatic carbocycles. The van der Waals surface area contributed by atoms with E-state index in [9.17, 15) is 4.79 Å². The topological polar surface area (TPSA) is 38.8 Å². The predicted octanol–water partition coefficient (Wildman–Crippen LogP) is 3.12. The van der Waals surface area contributed by atoms with Gasteiger partial charge < -0.3 is 14.4 Å². The zero-order valence-electron chi connectivity index (χ0n) is 13.7. The SMILES string of the molecule is COCCN(Cc1ccccc1)C(=O)c1cccc(COC)c1. The molecule has 0 bridgehead atoms. The van der Waals surface area contributed by atoms with Crippen LogP contribution in [0.1, 0.15) is 21.5 Å². The summed E-state index contributed by atoms with van der Waals surface area (Å²) in [5.74, 6) is 0.00357. The van der Waals surface area contributed by atoms with Crippen molar-refractivity contribution in [1.29, 1.82) is 0 Å². The second kappa shape index (κ2) is 9.08. The Bertz CT molecular complexity index is 613. The Morgan fingerprint density at radius 1 is 0.957 bits per heavy atom. The van der Waals surface area contributed by atoms with E-state index in [4.69, 9.17) is 9.47 Å². The number of benzene rings is 2. The number of nitrogens with zero attached hydrogens (tertiary/aromatic N) is 1. The highest BCUT2D eigenvalue weighted by molar-refractivity contribution is 5.94. The van der Waals surface area contributed by atoms with Crippen LogP contribution in [0.2, 0.25) is 0 Å². The van der Waals surface area contributed by atoms with Crippen LogP contribution in [0.4, 0.5) is 0 Å². The molecule has 0 aliphatic carbocycles. The Kier molecular flexibility index (Phi) is 6.78. The van der Waals surface area contributed by atoms with Crippen molar-refractivity contribution < 1.29 is 14.3 Å². The summed E-state index contributed by atoms with van der Waals surface area (Å²) in [7, 11) is 3.29.